The molecule has 0 aromatic heterocycles. The summed E-state index contributed by atoms with van der Waals surface area (Å²) in [4.78, 5) is 25.1. The zero-order chi connectivity index (χ0) is 13.3. The molecule has 1 aromatic carbocycles. The molecule has 1 fully saturated rings. The lowest BCUT2D eigenvalue weighted by atomic mass is 10.0. The Hall–Kier alpha value is -1.68. The van der Waals surface area contributed by atoms with Gasteiger partial charge in [-0.1, -0.05) is 31.2 Å². The fourth-order valence-electron chi connectivity index (χ4n) is 2.30. The first-order valence-corrected chi connectivity index (χ1v) is 6.19. The van der Waals surface area contributed by atoms with Crippen LogP contribution in [0.25, 0.3) is 0 Å². The first-order chi connectivity index (χ1) is 8.54. The van der Waals surface area contributed by atoms with Crippen LogP contribution >= 0.6 is 0 Å². The van der Waals surface area contributed by atoms with E-state index in [0.29, 0.717) is 13.0 Å². The van der Waals surface area contributed by atoms with Crippen molar-refractivity contribution in [2.45, 2.75) is 32.9 Å². The van der Waals surface area contributed by atoms with Crippen molar-refractivity contribution in [2.24, 2.45) is 11.7 Å². The highest BCUT2D eigenvalue weighted by atomic mass is 16.2. The number of nitrogens with two attached hydrogens (primary N) is 1. The number of imide groups is 1. The van der Waals surface area contributed by atoms with Crippen LogP contribution in [0.5, 0.6) is 0 Å². The minimum absolute atomic E-state index is 0.0737. The van der Waals surface area contributed by atoms with Crippen LogP contribution in [0.15, 0.2) is 24.3 Å². The number of nitrogens with zero attached hydrogens (tertiary/aromatic N) is 1. The van der Waals surface area contributed by atoms with E-state index < -0.39 is 0 Å². The number of benzene rings is 1. The fraction of sp³-hybridized carbons (Fsp3) is 0.429. The molecule has 0 saturated carbocycles. The molecule has 1 aromatic rings. The van der Waals surface area contributed by atoms with E-state index in [0.717, 1.165) is 11.1 Å². The fourth-order valence-corrected chi connectivity index (χ4v) is 2.30. The molecule has 1 aliphatic rings. The summed E-state index contributed by atoms with van der Waals surface area (Å²) < 4.78 is 0. The molecule has 2 rings (SSSR count). The smallest absolute Gasteiger partial charge is 0.233 e. The predicted octanol–water partition coefficient (Wildman–Crippen LogP) is 1.60. The normalized spacial score (nSPS) is 21.5. The SMILES string of the molecule is CC1CC(=O)N(C(C)c2ccc(CN)cc2)C1=O. The van der Waals surface area contributed by atoms with E-state index in [2.05, 4.69) is 0 Å². The summed E-state index contributed by atoms with van der Waals surface area (Å²) in [7, 11) is 0. The van der Waals surface area contributed by atoms with Crippen molar-refractivity contribution in [1.82, 2.24) is 4.90 Å². The second-order valence-corrected chi connectivity index (χ2v) is 4.83. The van der Waals surface area contributed by atoms with Gasteiger partial charge in [-0.15, -0.1) is 0 Å². The molecule has 4 heteroatoms. The third kappa shape index (κ3) is 2.16. The molecule has 2 atom stereocenters. The van der Waals surface area contributed by atoms with Crippen LogP contribution in [0, 0.1) is 5.92 Å². The van der Waals surface area contributed by atoms with E-state index >= 15 is 0 Å². The van der Waals surface area contributed by atoms with Gasteiger partial charge in [0.15, 0.2) is 0 Å². The first-order valence-electron chi connectivity index (χ1n) is 6.19. The largest absolute Gasteiger partial charge is 0.326 e. The van der Waals surface area contributed by atoms with Gasteiger partial charge >= 0.3 is 0 Å². The Bertz CT molecular complexity index is 467. The topological polar surface area (TPSA) is 63.4 Å². The van der Waals surface area contributed by atoms with Gasteiger partial charge in [0.05, 0.1) is 6.04 Å². The Labute approximate surface area is 107 Å². The maximum atomic E-state index is 11.9. The van der Waals surface area contributed by atoms with Crippen LogP contribution in [0.1, 0.15) is 37.4 Å². The van der Waals surface area contributed by atoms with Crippen molar-refractivity contribution in [3.63, 3.8) is 0 Å². The van der Waals surface area contributed by atoms with Gasteiger partial charge < -0.3 is 5.73 Å². The minimum Gasteiger partial charge on any atom is -0.326 e. The molecule has 2 unspecified atom stereocenters. The van der Waals surface area contributed by atoms with Gasteiger partial charge in [0, 0.05) is 18.9 Å². The first kappa shape index (κ1) is 12.8. The molecule has 96 valence electrons. The molecule has 18 heavy (non-hydrogen) atoms. The quantitative estimate of drug-likeness (QED) is 0.824. The average molecular weight is 246 g/mol. The van der Waals surface area contributed by atoms with Gasteiger partial charge in [-0.3, -0.25) is 14.5 Å². The van der Waals surface area contributed by atoms with Gasteiger partial charge in [0.1, 0.15) is 0 Å². The number of hydrogen-bond donors (Lipinski definition) is 1. The minimum atomic E-state index is -0.207. The number of likely N-dealkylation sites (tertiary alicyclic amines) is 1. The summed E-state index contributed by atoms with van der Waals surface area (Å²) in [5, 5.41) is 0. The van der Waals surface area contributed by atoms with E-state index in [1.54, 1.807) is 6.92 Å². The number of carbonyl (C=O) groups excluding carboxylic acids is 2. The Morgan fingerprint density at radius 2 is 1.94 bits per heavy atom. The van der Waals surface area contributed by atoms with Gasteiger partial charge in [-0.2, -0.15) is 0 Å². The van der Waals surface area contributed by atoms with E-state index in [9.17, 15) is 9.59 Å². The van der Waals surface area contributed by atoms with E-state index in [-0.39, 0.29) is 23.8 Å². The van der Waals surface area contributed by atoms with Crippen LogP contribution in [0.3, 0.4) is 0 Å². The highest BCUT2D eigenvalue weighted by molar-refractivity contribution is 6.03. The van der Waals surface area contributed by atoms with Crippen molar-refractivity contribution in [3.05, 3.63) is 35.4 Å². The number of hydrogen-bond acceptors (Lipinski definition) is 3. The summed E-state index contributed by atoms with van der Waals surface area (Å²) in [6.07, 6.45) is 0.323. The monoisotopic (exact) mass is 246 g/mol. The van der Waals surface area contributed by atoms with Crippen LogP contribution < -0.4 is 5.73 Å². The molecule has 2 amide bonds. The molecular formula is C14H18N2O2. The second kappa shape index (κ2) is 4.90. The summed E-state index contributed by atoms with van der Waals surface area (Å²) in [5.74, 6) is -0.346. The molecule has 4 nitrogen and oxygen atoms in total. The third-order valence-corrected chi connectivity index (χ3v) is 3.49. The van der Waals surface area contributed by atoms with E-state index in [4.69, 9.17) is 5.73 Å². The summed E-state index contributed by atoms with van der Waals surface area (Å²) in [6.45, 7) is 4.17. The van der Waals surface area contributed by atoms with Crippen molar-refractivity contribution < 1.29 is 9.59 Å². The maximum absolute atomic E-state index is 11.9. The highest BCUT2D eigenvalue weighted by Crippen LogP contribution is 2.29. The second-order valence-electron chi connectivity index (χ2n) is 4.83. The van der Waals surface area contributed by atoms with E-state index in [1.807, 2.05) is 31.2 Å². The van der Waals surface area contributed by atoms with Crippen molar-refractivity contribution >= 4 is 11.8 Å². The summed E-state index contributed by atoms with van der Waals surface area (Å²) in [6, 6.07) is 7.51. The van der Waals surface area contributed by atoms with Crippen molar-refractivity contribution in [1.29, 1.82) is 0 Å². The zero-order valence-electron chi connectivity index (χ0n) is 10.7. The van der Waals surface area contributed by atoms with Crippen LogP contribution in [-0.4, -0.2) is 16.7 Å². The standard InChI is InChI=1S/C14H18N2O2/c1-9-7-13(17)16(14(9)18)10(2)12-5-3-11(8-15)4-6-12/h3-6,9-10H,7-8,15H2,1-2H3. The lowest BCUT2D eigenvalue weighted by Crippen LogP contribution is -2.33. The molecule has 2 N–H and O–H groups in total. The molecule has 0 bridgehead atoms. The number of rotatable bonds is 3. The van der Waals surface area contributed by atoms with Gasteiger partial charge in [0.2, 0.25) is 11.8 Å². The number of amides is 2. The number of carbonyl (C=O) groups is 2. The van der Waals surface area contributed by atoms with Crippen molar-refractivity contribution in [3.8, 4) is 0 Å². The Balaban J connectivity index is 2.22. The van der Waals surface area contributed by atoms with E-state index in [1.165, 1.54) is 4.90 Å². The van der Waals surface area contributed by atoms with Crippen LogP contribution in [0.2, 0.25) is 0 Å². The Morgan fingerprint density at radius 3 is 2.39 bits per heavy atom. The maximum Gasteiger partial charge on any atom is 0.233 e. The highest BCUT2D eigenvalue weighted by Gasteiger charge is 2.38. The molecule has 0 aliphatic carbocycles. The Kier molecular flexibility index (Phi) is 3.48. The van der Waals surface area contributed by atoms with Gasteiger partial charge in [0.25, 0.3) is 0 Å². The summed E-state index contributed by atoms with van der Waals surface area (Å²) in [5.41, 5.74) is 7.54. The average Bonchev–Trinajstić information content (AvgIpc) is 2.63. The van der Waals surface area contributed by atoms with Crippen LogP contribution in [0.4, 0.5) is 0 Å². The zero-order valence-corrected chi connectivity index (χ0v) is 10.7. The lowest BCUT2D eigenvalue weighted by molar-refractivity contribution is -0.141. The van der Waals surface area contributed by atoms with Crippen LogP contribution in [-0.2, 0) is 16.1 Å². The lowest BCUT2D eigenvalue weighted by Gasteiger charge is -2.23. The third-order valence-electron chi connectivity index (χ3n) is 3.49. The molecule has 0 spiro atoms. The molecule has 1 heterocycles. The molecule has 1 aliphatic heterocycles. The molecule has 1 saturated heterocycles. The van der Waals surface area contributed by atoms with Gasteiger partial charge in [-0.25, -0.2) is 0 Å². The summed E-state index contributed by atoms with van der Waals surface area (Å²) >= 11 is 0. The predicted molar refractivity (Wildman–Crippen MR) is 68.4 cm³/mol. The van der Waals surface area contributed by atoms with Crippen molar-refractivity contribution in [2.75, 3.05) is 0 Å². The molecule has 0 radical (unpaired) electrons. The Morgan fingerprint density at radius 1 is 1.33 bits per heavy atom. The molecular weight excluding hydrogens is 228 g/mol. The van der Waals surface area contributed by atoms with Gasteiger partial charge in [-0.05, 0) is 18.1 Å².